The predicted molar refractivity (Wildman–Crippen MR) is 73.3 cm³/mol. The number of rotatable bonds is 3. The summed E-state index contributed by atoms with van der Waals surface area (Å²) in [5, 5.41) is 10.6. The van der Waals surface area contributed by atoms with Crippen molar-refractivity contribution in [3.8, 4) is 0 Å². The van der Waals surface area contributed by atoms with Crippen LogP contribution in [-0.2, 0) is 4.74 Å². The van der Waals surface area contributed by atoms with Crippen LogP contribution in [0.2, 0.25) is 0 Å². The summed E-state index contributed by atoms with van der Waals surface area (Å²) >= 11 is 0. The van der Waals surface area contributed by atoms with Gasteiger partial charge in [-0.2, -0.15) is 0 Å². The summed E-state index contributed by atoms with van der Waals surface area (Å²) in [4.78, 5) is 0. The maximum absolute atomic E-state index is 13.3. The Morgan fingerprint density at radius 1 is 1.05 bits per heavy atom. The highest BCUT2D eigenvalue weighted by molar-refractivity contribution is 5.23. The molecule has 0 radical (unpaired) electrons. The van der Waals surface area contributed by atoms with E-state index in [4.69, 9.17) is 4.74 Å². The van der Waals surface area contributed by atoms with Gasteiger partial charge in [0, 0.05) is 13.2 Å². The SMILES string of the molecule is COC1(C(O)c2cc(F)cc(F)c2)CCC(C)(C)CC1. The summed E-state index contributed by atoms with van der Waals surface area (Å²) < 4.78 is 32.2. The number of hydrogen-bond acceptors (Lipinski definition) is 2. The molecular formula is C16H22F2O2. The first kappa shape index (κ1) is 15.4. The normalized spacial score (nSPS) is 22.5. The van der Waals surface area contributed by atoms with Crippen molar-refractivity contribution < 1.29 is 18.6 Å². The number of ether oxygens (including phenoxy) is 1. The number of methoxy groups -OCH3 is 1. The van der Waals surface area contributed by atoms with Gasteiger partial charge in [0.1, 0.15) is 17.7 Å². The van der Waals surface area contributed by atoms with Gasteiger partial charge in [0.25, 0.3) is 0 Å². The minimum atomic E-state index is -1.02. The number of hydrogen-bond donors (Lipinski definition) is 1. The lowest BCUT2D eigenvalue weighted by atomic mass is 9.68. The Bertz CT molecular complexity index is 455. The van der Waals surface area contributed by atoms with E-state index in [1.807, 2.05) is 0 Å². The number of aliphatic hydroxyl groups excluding tert-OH is 1. The fraction of sp³-hybridized carbons (Fsp3) is 0.625. The van der Waals surface area contributed by atoms with E-state index in [1.165, 1.54) is 12.1 Å². The summed E-state index contributed by atoms with van der Waals surface area (Å²) in [5.74, 6) is -1.36. The molecule has 1 N–H and O–H groups in total. The highest BCUT2D eigenvalue weighted by Crippen LogP contribution is 2.47. The van der Waals surface area contributed by atoms with E-state index in [1.54, 1.807) is 7.11 Å². The molecule has 1 aromatic rings. The van der Waals surface area contributed by atoms with Gasteiger partial charge in [0.2, 0.25) is 0 Å². The topological polar surface area (TPSA) is 29.5 Å². The van der Waals surface area contributed by atoms with Crippen molar-refractivity contribution in [2.75, 3.05) is 7.11 Å². The van der Waals surface area contributed by atoms with Crippen LogP contribution in [-0.4, -0.2) is 17.8 Å². The highest BCUT2D eigenvalue weighted by atomic mass is 19.1. The molecule has 0 amide bonds. The first-order valence-corrected chi connectivity index (χ1v) is 6.97. The summed E-state index contributed by atoms with van der Waals surface area (Å²) in [7, 11) is 1.55. The minimum Gasteiger partial charge on any atom is -0.385 e. The smallest absolute Gasteiger partial charge is 0.126 e. The average molecular weight is 284 g/mol. The van der Waals surface area contributed by atoms with Gasteiger partial charge in [-0.15, -0.1) is 0 Å². The molecule has 0 spiro atoms. The molecule has 2 nitrogen and oxygen atoms in total. The Labute approximate surface area is 118 Å². The van der Waals surface area contributed by atoms with E-state index < -0.39 is 23.3 Å². The molecule has 112 valence electrons. The molecule has 1 atom stereocenters. The minimum absolute atomic E-state index is 0.217. The largest absolute Gasteiger partial charge is 0.385 e. The molecule has 0 aliphatic heterocycles. The van der Waals surface area contributed by atoms with Gasteiger partial charge >= 0.3 is 0 Å². The lowest BCUT2D eigenvalue weighted by Crippen LogP contribution is -2.44. The van der Waals surface area contributed by atoms with Gasteiger partial charge in [-0.3, -0.25) is 0 Å². The molecule has 2 rings (SSSR count). The molecule has 1 aromatic carbocycles. The van der Waals surface area contributed by atoms with E-state index in [9.17, 15) is 13.9 Å². The van der Waals surface area contributed by atoms with E-state index in [-0.39, 0.29) is 11.0 Å². The third kappa shape index (κ3) is 3.01. The van der Waals surface area contributed by atoms with Crippen molar-refractivity contribution in [3.05, 3.63) is 35.4 Å². The third-order valence-corrected chi connectivity index (χ3v) is 4.56. The Hall–Kier alpha value is -1.00. The highest BCUT2D eigenvalue weighted by Gasteiger charge is 2.44. The standard InChI is InChI=1S/C16H22F2O2/c1-15(2)4-6-16(20-3,7-5-15)14(19)11-8-12(17)10-13(18)9-11/h8-10,14,19H,4-7H2,1-3H3. The zero-order valence-corrected chi connectivity index (χ0v) is 12.2. The van der Waals surface area contributed by atoms with Crippen molar-refractivity contribution in [1.82, 2.24) is 0 Å². The van der Waals surface area contributed by atoms with E-state index in [0.29, 0.717) is 12.8 Å². The zero-order chi connectivity index (χ0) is 15.0. The van der Waals surface area contributed by atoms with Crippen molar-refractivity contribution in [3.63, 3.8) is 0 Å². The van der Waals surface area contributed by atoms with Crippen LogP contribution in [0.4, 0.5) is 8.78 Å². The van der Waals surface area contributed by atoms with Crippen LogP contribution in [0.25, 0.3) is 0 Å². The predicted octanol–water partition coefficient (Wildman–Crippen LogP) is 3.98. The number of aliphatic hydroxyl groups is 1. The molecule has 0 bridgehead atoms. The molecule has 0 aromatic heterocycles. The molecule has 0 saturated heterocycles. The second-order valence-corrected chi connectivity index (χ2v) is 6.54. The first-order valence-electron chi connectivity index (χ1n) is 6.97. The maximum atomic E-state index is 13.3. The molecular weight excluding hydrogens is 262 g/mol. The Kier molecular flexibility index (Phi) is 4.17. The van der Waals surface area contributed by atoms with Crippen LogP contribution < -0.4 is 0 Å². The monoisotopic (exact) mass is 284 g/mol. The number of benzene rings is 1. The van der Waals surface area contributed by atoms with Crippen LogP contribution in [0.1, 0.15) is 51.2 Å². The molecule has 1 aliphatic carbocycles. The molecule has 20 heavy (non-hydrogen) atoms. The Balaban J connectivity index is 2.27. The second kappa shape index (κ2) is 5.41. The summed E-state index contributed by atoms with van der Waals surface area (Å²) in [6.07, 6.45) is 2.16. The van der Waals surface area contributed by atoms with E-state index in [2.05, 4.69) is 13.8 Å². The Morgan fingerprint density at radius 2 is 1.55 bits per heavy atom. The van der Waals surface area contributed by atoms with Crippen molar-refractivity contribution in [1.29, 1.82) is 0 Å². The van der Waals surface area contributed by atoms with Crippen LogP contribution in [0.15, 0.2) is 18.2 Å². The molecule has 1 fully saturated rings. The van der Waals surface area contributed by atoms with Gasteiger partial charge in [-0.1, -0.05) is 13.8 Å². The number of halogens is 2. The lowest BCUT2D eigenvalue weighted by Gasteiger charge is -2.45. The Morgan fingerprint density at radius 3 is 2.00 bits per heavy atom. The van der Waals surface area contributed by atoms with Crippen molar-refractivity contribution in [2.45, 2.75) is 51.2 Å². The molecule has 1 unspecified atom stereocenters. The van der Waals surface area contributed by atoms with Crippen LogP contribution in [0, 0.1) is 17.0 Å². The molecule has 4 heteroatoms. The van der Waals surface area contributed by atoms with Crippen LogP contribution >= 0.6 is 0 Å². The van der Waals surface area contributed by atoms with Crippen LogP contribution in [0.5, 0.6) is 0 Å². The van der Waals surface area contributed by atoms with Gasteiger partial charge in [-0.05, 0) is 48.8 Å². The zero-order valence-electron chi connectivity index (χ0n) is 12.2. The quantitative estimate of drug-likeness (QED) is 0.909. The van der Waals surface area contributed by atoms with Crippen molar-refractivity contribution in [2.24, 2.45) is 5.41 Å². The maximum Gasteiger partial charge on any atom is 0.126 e. The summed E-state index contributed by atoms with van der Waals surface area (Å²) in [5.41, 5.74) is -0.297. The van der Waals surface area contributed by atoms with Crippen LogP contribution in [0.3, 0.4) is 0 Å². The lowest BCUT2D eigenvalue weighted by molar-refractivity contribution is -0.138. The molecule has 0 heterocycles. The van der Waals surface area contributed by atoms with Gasteiger partial charge in [0.05, 0.1) is 5.60 Å². The summed E-state index contributed by atoms with van der Waals surface area (Å²) in [6.45, 7) is 4.36. The second-order valence-electron chi connectivity index (χ2n) is 6.54. The van der Waals surface area contributed by atoms with E-state index in [0.717, 1.165) is 18.9 Å². The van der Waals surface area contributed by atoms with Gasteiger partial charge in [-0.25, -0.2) is 8.78 Å². The summed E-state index contributed by atoms with van der Waals surface area (Å²) in [6, 6.07) is 3.15. The first-order chi connectivity index (χ1) is 9.28. The van der Waals surface area contributed by atoms with Gasteiger partial charge < -0.3 is 9.84 Å². The van der Waals surface area contributed by atoms with E-state index >= 15 is 0 Å². The molecule has 1 aliphatic rings. The van der Waals surface area contributed by atoms with Gasteiger partial charge in [0.15, 0.2) is 0 Å². The third-order valence-electron chi connectivity index (χ3n) is 4.56. The fourth-order valence-corrected chi connectivity index (χ4v) is 2.98. The average Bonchev–Trinajstić information content (AvgIpc) is 2.37. The van der Waals surface area contributed by atoms with Crippen molar-refractivity contribution >= 4 is 0 Å². The fourth-order valence-electron chi connectivity index (χ4n) is 2.98. The molecule has 1 saturated carbocycles.